The standard InChI is InChI=1S/C13H29N3O3S/c1-12(2)15(9-10-19-4)20(17,18)16-8-6-5-7-13(16)11-14-3/h12-14H,5-11H2,1-4H3. The average Bonchev–Trinajstić information content (AvgIpc) is 2.39. The van der Waals surface area contributed by atoms with Crippen molar-refractivity contribution in [1.29, 1.82) is 0 Å². The molecule has 1 saturated heterocycles. The van der Waals surface area contributed by atoms with Crippen molar-refractivity contribution in [3.63, 3.8) is 0 Å². The molecule has 0 spiro atoms. The molecule has 1 fully saturated rings. The minimum Gasteiger partial charge on any atom is -0.383 e. The molecule has 120 valence electrons. The Morgan fingerprint density at radius 2 is 2.10 bits per heavy atom. The van der Waals surface area contributed by atoms with Gasteiger partial charge in [0.1, 0.15) is 0 Å². The zero-order chi connectivity index (χ0) is 15.2. The first-order valence-electron chi connectivity index (χ1n) is 7.37. The number of nitrogens with one attached hydrogen (secondary N) is 1. The third kappa shape index (κ3) is 4.39. The van der Waals surface area contributed by atoms with Crippen molar-refractivity contribution in [3.05, 3.63) is 0 Å². The molecule has 7 heteroatoms. The SMILES string of the molecule is CNCC1CCCCN1S(=O)(=O)N(CCOC)C(C)C. The summed E-state index contributed by atoms with van der Waals surface area (Å²) in [5.74, 6) is 0. The molecule has 0 saturated carbocycles. The molecule has 0 aromatic heterocycles. The molecule has 0 bridgehead atoms. The number of piperidine rings is 1. The zero-order valence-corrected chi connectivity index (χ0v) is 13.9. The van der Waals surface area contributed by atoms with Crippen LogP contribution in [0.2, 0.25) is 0 Å². The quantitative estimate of drug-likeness (QED) is 0.716. The molecule has 1 aliphatic rings. The van der Waals surface area contributed by atoms with E-state index >= 15 is 0 Å². The molecule has 0 radical (unpaired) electrons. The summed E-state index contributed by atoms with van der Waals surface area (Å²) in [4.78, 5) is 0. The third-order valence-corrected chi connectivity index (χ3v) is 5.97. The van der Waals surface area contributed by atoms with E-state index in [9.17, 15) is 8.42 Å². The van der Waals surface area contributed by atoms with Gasteiger partial charge in [0.15, 0.2) is 0 Å². The highest BCUT2D eigenvalue weighted by Gasteiger charge is 2.37. The van der Waals surface area contributed by atoms with Crippen LogP contribution >= 0.6 is 0 Å². The van der Waals surface area contributed by atoms with Crippen LogP contribution < -0.4 is 5.32 Å². The minimum absolute atomic E-state index is 0.0579. The van der Waals surface area contributed by atoms with Crippen molar-refractivity contribution in [2.45, 2.75) is 45.2 Å². The zero-order valence-electron chi connectivity index (χ0n) is 13.1. The number of hydrogen-bond acceptors (Lipinski definition) is 4. The van der Waals surface area contributed by atoms with Crippen molar-refractivity contribution >= 4 is 10.2 Å². The van der Waals surface area contributed by atoms with Crippen LogP contribution in [0.4, 0.5) is 0 Å². The second kappa shape index (κ2) is 8.29. The molecule has 1 aliphatic heterocycles. The van der Waals surface area contributed by atoms with E-state index in [2.05, 4.69) is 5.32 Å². The highest BCUT2D eigenvalue weighted by Crippen LogP contribution is 2.23. The summed E-state index contributed by atoms with van der Waals surface area (Å²) in [6.45, 7) is 5.95. The van der Waals surface area contributed by atoms with Crippen molar-refractivity contribution in [2.24, 2.45) is 0 Å². The van der Waals surface area contributed by atoms with Crippen LogP contribution in [0.1, 0.15) is 33.1 Å². The molecule has 0 aliphatic carbocycles. The third-order valence-electron chi connectivity index (χ3n) is 3.70. The summed E-state index contributed by atoms with van der Waals surface area (Å²) in [5, 5.41) is 3.10. The van der Waals surface area contributed by atoms with Crippen LogP contribution in [0.3, 0.4) is 0 Å². The Balaban J connectivity index is 2.91. The van der Waals surface area contributed by atoms with Crippen molar-refractivity contribution < 1.29 is 13.2 Å². The Kier molecular flexibility index (Phi) is 7.39. The van der Waals surface area contributed by atoms with Gasteiger partial charge in [-0.2, -0.15) is 17.0 Å². The molecule has 1 rings (SSSR count). The van der Waals surface area contributed by atoms with Crippen molar-refractivity contribution in [2.75, 3.05) is 40.4 Å². The number of ether oxygens (including phenoxy) is 1. The summed E-state index contributed by atoms with van der Waals surface area (Å²) < 4.78 is 34.0. The Morgan fingerprint density at radius 3 is 2.65 bits per heavy atom. The summed E-state index contributed by atoms with van der Waals surface area (Å²) in [6, 6.07) is -0.00476. The monoisotopic (exact) mass is 307 g/mol. The number of nitrogens with zero attached hydrogens (tertiary/aromatic N) is 2. The van der Waals surface area contributed by atoms with Gasteiger partial charge < -0.3 is 10.1 Å². The Morgan fingerprint density at radius 1 is 1.40 bits per heavy atom. The maximum atomic E-state index is 12.9. The van der Waals surface area contributed by atoms with Gasteiger partial charge in [0.25, 0.3) is 10.2 Å². The van der Waals surface area contributed by atoms with Gasteiger partial charge in [-0.1, -0.05) is 6.42 Å². The Bertz CT molecular complexity index is 371. The maximum absolute atomic E-state index is 12.9. The largest absolute Gasteiger partial charge is 0.383 e. The first-order chi connectivity index (χ1) is 9.45. The van der Waals surface area contributed by atoms with Gasteiger partial charge in [-0.25, -0.2) is 0 Å². The van der Waals surface area contributed by atoms with E-state index in [0.29, 0.717) is 26.2 Å². The lowest BCUT2D eigenvalue weighted by Gasteiger charge is -2.39. The van der Waals surface area contributed by atoms with E-state index in [-0.39, 0.29) is 12.1 Å². The molecule has 0 aromatic carbocycles. The molecule has 1 atom stereocenters. The molecule has 1 unspecified atom stereocenters. The van der Waals surface area contributed by atoms with E-state index in [1.54, 1.807) is 15.7 Å². The van der Waals surface area contributed by atoms with Gasteiger partial charge in [0, 0.05) is 38.8 Å². The highest BCUT2D eigenvalue weighted by atomic mass is 32.2. The molecule has 0 aromatic rings. The molecule has 0 amide bonds. The van der Waals surface area contributed by atoms with Crippen LogP contribution in [0, 0.1) is 0 Å². The number of likely N-dealkylation sites (N-methyl/N-ethyl adjacent to an activating group) is 1. The van der Waals surface area contributed by atoms with Crippen LogP contribution in [0.15, 0.2) is 0 Å². The molecular weight excluding hydrogens is 278 g/mol. The van der Waals surface area contributed by atoms with Crippen LogP contribution in [0.25, 0.3) is 0 Å². The Labute approximate surface area is 123 Å². The van der Waals surface area contributed by atoms with Gasteiger partial charge in [0.2, 0.25) is 0 Å². The first-order valence-corrected chi connectivity index (χ1v) is 8.77. The molecule has 20 heavy (non-hydrogen) atoms. The fourth-order valence-electron chi connectivity index (χ4n) is 2.67. The average molecular weight is 307 g/mol. The molecule has 1 N–H and O–H groups in total. The van der Waals surface area contributed by atoms with Gasteiger partial charge in [-0.15, -0.1) is 0 Å². The maximum Gasteiger partial charge on any atom is 0.282 e. The second-order valence-corrected chi connectivity index (χ2v) is 7.36. The molecule has 6 nitrogen and oxygen atoms in total. The normalized spacial score (nSPS) is 21.8. The summed E-state index contributed by atoms with van der Waals surface area (Å²) >= 11 is 0. The van der Waals surface area contributed by atoms with E-state index in [4.69, 9.17) is 4.74 Å². The fraction of sp³-hybridized carbons (Fsp3) is 1.00. The van der Waals surface area contributed by atoms with Crippen LogP contribution in [0.5, 0.6) is 0 Å². The fourth-order valence-corrected chi connectivity index (χ4v) is 4.70. The topological polar surface area (TPSA) is 61.9 Å². The van der Waals surface area contributed by atoms with Gasteiger partial charge in [-0.05, 0) is 33.7 Å². The van der Waals surface area contributed by atoms with E-state index in [0.717, 1.165) is 19.3 Å². The van der Waals surface area contributed by atoms with Crippen molar-refractivity contribution in [1.82, 2.24) is 13.9 Å². The summed E-state index contributed by atoms with van der Waals surface area (Å²) in [6.07, 6.45) is 2.96. The Hall–Kier alpha value is -0.210. The van der Waals surface area contributed by atoms with E-state index in [1.807, 2.05) is 20.9 Å². The van der Waals surface area contributed by atoms with Gasteiger partial charge in [-0.3, -0.25) is 0 Å². The summed E-state index contributed by atoms with van der Waals surface area (Å²) in [5.41, 5.74) is 0. The van der Waals surface area contributed by atoms with E-state index < -0.39 is 10.2 Å². The highest BCUT2D eigenvalue weighted by molar-refractivity contribution is 7.86. The summed E-state index contributed by atoms with van der Waals surface area (Å²) in [7, 11) is 0.0384. The molecule has 1 heterocycles. The van der Waals surface area contributed by atoms with E-state index in [1.165, 1.54) is 0 Å². The predicted molar refractivity (Wildman–Crippen MR) is 80.9 cm³/mol. The van der Waals surface area contributed by atoms with Crippen LogP contribution in [-0.2, 0) is 14.9 Å². The lowest BCUT2D eigenvalue weighted by Crippen LogP contribution is -2.55. The lowest BCUT2D eigenvalue weighted by atomic mass is 10.1. The van der Waals surface area contributed by atoms with Crippen molar-refractivity contribution in [3.8, 4) is 0 Å². The smallest absolute Gasteiger partial charge is 0.282 e. The molecular formula is C13H29N3O3S. The number of rotatable bonds is 8. The predicted octanol–water partition coefficient (Wildman–Crippen LogP) is 0.662. The van der Waals surface area contributed by atoms with Gasteiger partial charge >= 0.3 is 0 Å². The number of hydrogen-bond donors (Lipinski definition) is 1. The first kappa shape index (κ1) is 17.8. The second-order valence-electron chi connectivity index (χ2n) is 5.52. The van der Waals surface area contributed by atoms with Crippen LogP contribution in [-0.4, -0.2) is 69.5 Å². The van der Waals surface area contributed by atoms with Gasteiger partial charge in [0.05, 0.1) is 6.61 Å². The number of methoxy groups -OCH3 is 1. The lowest BCUT2D eigenvalue weighted by molar-refractivity contribution is 0.160. The minimum atomic E-state index is -3.42.